The van der Waals surface area contributed by atoms with Gasteiger partial charge in [-0.2, -0.15) is 4.98 Å². The minimum Gasteiger partial charge on any atom is -0.356 e. The number of nitrogens with one attached hydrogen (secondary N) is 2. The van der Waals surface area contributed by atoms with Crippen LogP contribution >= 0.6 is 11.3 Å². The lowest BCUT2D eigenvalue weighted by molar-refractivity contribution is -0.125. The summed E-state index contributed by atoms with van der Waals surface area (Å²) >= 11 is 1.20. The van der Waals surface area contributed by atoms with E-state index in [1.54, 1.807) is 13.0 Å². The fourth-order valence-corrected chi connectivity index (χ4v) is 4.84. The van der Waals surface area contributed by atoms with Gasteiger partial charge in [-0.3, -0.25) is 19.0 Å². The Morgan fingerprint density at radius 2 is 2.15 bits per heavy atom. The van der Waals surface area contributed by atoms with E-state index >= 15 is 0 Å². The summed E-state index contributed by atoms with van der Waals surface area (Å²) in [5.41, 5.74) is 0.713. The molecule has 33 heavy (non-hydrogen) atoms. The van der Waals surface area contributed by atoms with Crippen molar-refractivity contribution in [3.05, 3.63) is 46.3 Å². The van der Waals surface area contributed by atoms with E-state index in [0.29, 0.717) is 28.6 Å². The van der Waals surface area contributed by atoms with Crippen LogP contribution in [0.3, 0.4) is 0 Å². The van der Waals surface area contributed by atoms with Gasteiger partial charge in [-0.15, -0.1) is 0 Å². The van der Waals surface area contributed by atoms with Gasteiger partial charge in [0.25, 0.3) is 5.56 Å². The molecule has 174 valence electrons. The Hall–Kier alpha value is -3.34. The van der Waals surface area contributed by atoms with Gasteiger partial charge >= 0.3 is 0 Å². The number of amides is 2. The maximum Gasteiger partial charge on any atom is 0.273 e. The van der Waals surface area contributed by atoms with Crippen LogP contribution in [0.1, 0.15) is 25.3 Å². The van der Waals surface area contributed by atoms with Crippen LogP contribution in [-0.4, -0.2) is 46.0 Å². The van der Waals surface area contributed by atoms with Gasteiger partial charge < -0.3 is 15.5 Å². The second-order valence-corrected chi connectivity index (χ2v) is 9.02. The van der Waals surface area contributed by atoms with Crippen molar-refractivity contribution < 1.29 is 14.0 Å². The lowest BCUT2D eigenvalue weighted by Crippen LogP contribution is -2.43. The Morgan fingerprint density at radius 3 is 2.91 bits per heavy atom. The molecule has 0 radical (unpaired) electrons. The molecule has 1 aliphatic rings. The number of aromatic nitrogens is 3. The summed E-state index contributed by atoms with van der Waals surface area (Å²) in [6.45, 7) is 5.21. The smallest absolute Gasteiger partial charge is 0.273 e. The maximum absolute atomic E-state index is 14.0. The second kappa shape index (κ2) is 9.65. The highest BCUT2D eigenvalue weighted by atomic mass is 32.1. The molecule has 2 amide bonds. The summed E-state index contributed by atoms with van der Waals surface area (Å²) in [4.78, 5) is 48.3. The van der Waals surface area contributed by atoms with E-state index in [4.69, 9.17) is 0 Å². The molecular formula is C22H25FN6O3S. The molecule has 3 aromatic rings. The van der Waals surface area contributed by atoms with Crippen molar-refractivity contribution in [3.8, 4) is 0 Å². The van der Waals surface area contributed by atoms with Gasteiger partial charge in [0.1, 0.15) is 23.4 Å². The highest BCUT2D eigenvalue weighted by Crippen LogP contribution is 2.29. The molecule has 0 aliphatic carbocycles. The van der Waals surface area contributed by atoms with Crippen LogP contribution in [0.25, 0.3) is 10.3 Å². The number of fused-ring (bicyclic) bond motifs is 1. The van der Waals surface area contributed by atoms with Gasteiger partial charge in [0.15, 0.2) is 10.8 Å². The fourth-order valence-electron chi connectivity index (χ4n) is 3.83. The van der Waals surface area contributed by atoms with Crippen LogP contribution in [-0.2, 0) is 16.1 Å². The second-order valence-electron chi connectivity index (χ2n) is 8.04. The third-order valence-electron chi connectivity index (χ3n) is 5.50. The topological polar surface area (TPSA) is 109 Å². The van der Waals surface area contributed by atoms with Crippen molar-refractivity contribution in [2.45, 2.75) is 33.2 Å². The number of piperidine rings is 1. The number of halogens is 1. The first-order chi connectivity index (χ1) is 15.9. The summed E-state index contributed by atoms with van der Waals surface area (Å²) in [6, 6.07) is 4.49. The van der Waals surface area contributed by atoms with Crippen LogP contribution in [0.4, 0.5) is 15.2 Å². The van der Waals surface area contributed by atoms with E-state index in [9.17, 15) is 18.8 Å². The number of hydrogen-bond donors (Lipinski definition) is 2. The molecule has 0 unspecified atom stereocenters. The number of rotatable bonds is 6. The summed E-state index contributed by atoms with van der Waals surface area (Å²) in [5.74, 6) is -1.17. The van der Waals surface area contributed by atoms with Gasteiger partial charge in [-0.1, -0.05) is 17.4 Å². The molecule has 1 fully saturated rings. The van der Waals surface area contributed by atoms with Gasteiger partial charge in [-0.25, -0.2) is 9.37 Å². The highest BCUT2D eigenvalue weighted by molar-refractivity contribution is 7.22. The van der Waals surface area contributed by atoms with E-state index in [-0.39, 0.29) is 29.6 Å². The Bertz CT molecular complexity index is 1260. The van der Waals surface area contributed by atoms with Crippen LogP contribution in [0, 0.1) is 18.7 Å². The number of thiazole rings is 1. The van der Waals surface area contributed by atoms with Crippen molar-refractivity contribution in [1.82, 2.24) is 19.9 Å². The van der Waals surface area contributed by atoms with E-state index in [1.807, 2.05) is 11.8 Å². The minimum absolute atomic E-state index is 0.0276. The third-order valence-corrected chi connectivity index (χ3v) is 6.59. The molecule has 1 saturated heterocycles. The van der Waals surface area contributed by atoms with Crippen molar-refractivity contribution in [1.29, 1.82) is 0 Å². The normalized spacial score (nSPS) is 16.1. The molecule has 0 saturated carbocycles. The number of anilines is 2. The largest absolute Gasteiger partial charge is 0.356 e. The molecule has 3 heterocycles. The van der Waals surface area contributed by atoms with Gasteiger partial charge in [0, 0.05) is 19.6 Å². The molecule has 4 rings (SSSR count). The first-order valence-corrected chi connectivity index (χ1v) is 11.6. The molecule has 9 nitrogen and oxygen atoms in total. The van der Waals surface area contributed by atoms with E-state index in [0.717, 1.165) is 24.9 Å². The summed E-state index contributed by atoms with van der Waals surface area (Å²) in [6.07, 6.45) is 2.94. The predicted molar refractivity (Wildman–Crippen MR) is 125 cm³/mol. The predicted octanol–water partition coefficient (Wildman–Crippen LogP) is 2.29. The van der Waals surface area contributed by atoms with Crippen LogP contribution < -0.4 is 21.1 Å². The molecular weight excluding hydrogens is 447 g/mol. The molecule has 0 bridgehead atoms. The Morgan fingerprint density at radius 1 is 1.33 bits per heavy atom. The lowest BCUT2D eigenvalue weighted by Gasteiger charge is -2.31. The van der Waals surface area contributed by atoms with Crippen molar-refractivity contribution in [3.63, 3.8) is 0 Å². The SMILES string of the molecule is CCNC(=O)[C@H]1CCCN(c2nc3ncn(CC(=O)Nc4ccc(C)cc4F)c(=O)c3s2)C1. The number of benzene rings is 1. The molecule has 1 aliphatic heterocycles. The zero-order valence-corrected chi connectivity index (χ0v) is 19.2. The molecule has 2 N–H and O–H groups in total. The van der Waals surface area contributed by atoms with Crippen molar-refractivity contribution >= 4 is 44.3 Å². The standard InChI is InChI=1S/C22H25FN6O3S/c1-3-24-20(31)14-5-4-8-28(10-14)22-27-19-18(33-22)21(32)29(12-25-19)11-17(30)26-16-7-6-13(2)9-15(16)23/h6-7,9,12,14H,3-5,8,10-11H2,1-2H3,(H,24,31)(H,26,30)/t14-/m0/s1. The van der Waals surface area contributed by atoms with Crippen molar-refractivity contribution in [2.75, 3.05) is 29.9 Å². The number of hydrogen-bond acceptors (Lipinski definition) is 7. The first kappa shape index (κ1) is 22.8. The Labute approximate surface area is 193 Å². The van der Waals surface area contributed by atoms with Crippen LogP contribution in [0.5, 0.6) is 0 Å². The molecule has 1 aromatic carbocycles. The third kappa shape index (κ3) is 5.03. The molecule has 1 atom stereocenters. The lowest BCUT2D eigenvalue weighted by atomic mass is 9.97. The summed E-state index contributed by atoms with van der Waals surface area (Å²) in [7, 11) is 0. The van der Waals surface area contributed by atoms with Gasteiger partial charge in [-0.05, 0) is 44.4 Å². The quantitative estimate of drug-likeness (QED) is 0.570. The summed E-state index contributed by atoms with van der Waals surface area (Å²) in [5, 5.41) is 5.98. The zero-order chi connectivity index (χ0) is 23.5. The van der Waals surface area contributed by atoms with E-state index < -0.39 is 11.7 Å². The molecule has 0 spiro atoms. The van der Waals surface area contributed by atoms with Crippen LogP contribution in [0.15, 0.2) is 29.3 Å². The highest BCUT2D eigenvalue weighted by Gasteiger charge is 2.27. The molecule has 2 aromatic heterocycles. The monoisotopic (exact) mass is 472 g/mol. The number of nitrogens with zero attached hydrogens (tertiary/aromatic N) is 4. The minimum atomic E-state index is -0.538. The zero-order valence-electron chi connectivity index (χ0n) is 18.4. The Kier molecular flexibility index (Phi) is 6.68. The van der Waals surface area contributed by atoms with Crippen molar-refractivity contribution in [2.24, 2.45) is 5.92 Å². The number of carbonyl (C=O) groups is 2. The Balaban J connectivity index is 1.50. The number of carbonyl (C=O) groups excluding carboxylic acids is 2. The number of aryl methyl sites for hydroxylation is 1. The van der Waals surface area contributed by atoms with E-state index in [1.165, 1.54) is 34.4 Å². The fraction of sp³-hybridized carbons (Fsp3) is 0.409. The maximum atomic E-state index is 14.0. The van der Waals surface area contributed by atoms with Crippen LogP contribution in [0.2, 0.25) is 0 Å². The van der Waals surface area contributed by atoms with Gasteiger partial charge in [0.05, 0.1) is 11.6 Å². The molecule has 11 heteroatoms. The van der Waals surface area contributed by atoms with E-state index in [2.05, 4.69) is 20.6 Å². The average Bonchev–Trinajstić information content (AvgIpc) is 3.23. The average molecular weight is 473 g/mol. The first-order valence-electron chi connectivity index (χ1n) is 10.8. The summed E-state index contributed by atoms with van der Waals surface area (Å²) < 4.78 is 15.5. The van der Waals surface area contributed by atoms with Gasteiger partial charge in [0.2, 0.25) is 11.8 Å².